The maximum atomic E-state index is 10.8. The van der Waals surface area contributed by atoms with Crippen molar-refractivity contribution in [3.63, 3.8) is 0 Å². The predicted molar refractivity (Wildman–Crippen MR) is 83.7 cm³/mol. The number of furan rings is 2. The number of ether oxygens (including phenoxy) is 1. The average Bonchev–Trinajstić information content (AvgIpc) is 3.17. The predicted octanol–water partition coefficient (Wildman–Crippen LogP) is 4.46. The minimum Gasteiger partial charge on any atom is -0.489 e. The van der Waals surface area contributed by atoms with Crippen molar-refractivity contribution >= 4 is 27.9 Å². The molecule has 2 heterocycles. The number of fused-ring (bicyclic) bond motifs is 3. The molecule has 23 heavy (non-hydrogen) atoms. The number of carbonyl (C=O) groups is 1. The van der Waals surface area contributed by atoms with E-state index in [0.717, 1.165) is 21.9 Å². The third-order valence-corrected chi connectivity index (χ3v) is 3.62. The van der Waals surface area contributed by atoms with E-state index in [1.807, 2.05) is 42.5 Å². The molecule has 0 aliphatic heterocycles. The lowest BCUT2D eigenvalue weighted by Crippen LogP contribution is -1.95. The summed E-state index contributed by atoms with van der Waals surface area (Å²) >= 11 is 0. The highest BCUT2D eigenvalue weighted by Crippen LogP contribution is 2.31. The molecule has 0 aliphatic carbocycles. The van der Waals surface area contributed by atoms with Crippen LogP contribution in [0.3, 0.4) is 0 Å². The molecule has 0 unspecified atom stereocenters. The maximum absolute atomic E-state index is 10.8. The van der Waals surface area contributed by atoms with Gasteiger partial charge < -0.3 is 18.7 Å². The quantitative estimate of drug-likeness (QED) is 0.602. The highest BCUT2D eigenvalue weighted by atomic mass is 16.5. The zero-order chi connectivity index (χ0) is 15.8. The molecule has 0 fully saturated rings. The summed E-state index contributed by atoms with van der Waals surface area (Å²) in [7, 11) is 0. The molecule has 114 valence electrons. The van der Waals surface area contributed by atoms with Gasteiger partial charge in [0.15, 0.2) is 0 Å². The summed E-state index contributed by atoms with van der Waals surface area (Å²) in [5.41, 5.74) is 2.25. The van der Waals surface area contributed by atoms with Crippen LogP contribution in [0.5, 0.6) is 5.75 Å². The van der Waals surface area contributed by atoms with Crippen molar-refractivity contribution in [1.82, 2.24) is 0 Å². The molecule has 2 aromatic heterocycles. The van der Waals surface area contributed by atoms with E-state index >= 15 is 0 Å². The van der Waals surface area contributed by atoms with E-state index in [1.54, 1.807) is 0 Å². The van der Waals surface area contributed by atoms with Crippen molar-refractivity contribution in [2.45, 2.75) is 6.61 Å². The lowest BCUT2D eigenvalue weighted by Gasteiger charge is -2.03. The third-order valence-electron chi connectivity index (χ3n) is 3.62. The van der Waals surface area contributed by atoms with Gasteiger partial charge in [0.25, 0.3) is 0 Å². The number of para-hydroxylation sites is 1. The van der Waals surface area contributed by atoms with Gasteiger partial charge in [-0.05, 0) is 24.3 Å². The average molecular weight is 308 g/mol. The van der Waals surface area contributed by atoms with E-state index in [1.165, 1.54) is 12.3 Å². The Morgan fingerprint density at radius 3 is 2.70 bits per heavy atom. The Bertz CT molecular complexity index is 1010. The monoisotopic (exact) mass is 308 g/mol. The van der Waals surface area contributed by atoms with Crippen LogP contribution in [0.2, 0.25) is 0 Å². The SMILES string of the molecule is O=C(O)c1cc(COc2ccc3c(c2)oc2ccccc23)co1. The summed E-state index contributed by atoms with van der Waals surface area (Å²) < 4.78 is 16.4. The largest absolute Gasteiger partial charge is 0.489 e. The summed E-state index contributed by atoms with van der Waals surface area (Å²) in [6, 6.07) is 14.9. The van der Waals surface area contributed by atoms with Gasteiger partial charge in [-0.3, -0.25) is 0 Å². The molecule has 5 heteroatoms. The second-order valence-corrected chi connectivity index (χ2v) is 5.17. The van der Waals surface area contributed by atoms with E-state index in [9.17, 15) is 4.79 Å². The molecule has 0 radical (unpaired) electrons. The van der Waals surface area contributed by atoms with Gasteiger partial charge in [0.05, 0.1) is 6.26 Å². The molecular formula is C18H12O5. The normalized spacial score (nSPS) is 11.1. The van der Waals surface area contributed by atoms with Crippen molar-refractivity contribution in [2.24, 2.45) is 0 Å². The fraction of sp³-hybridized carbons (Fsp3) is 0.0556. The fourth-order valence-corrected chi connectivity index (χ4v) is 2.53. The number of aromatic carboxylic acids is 1. The van der Waals surface area contributed by atoms with Crippen molar-refractivity contribution in [1.29, 1.82) is 0 Å². The Kier molecular flexibility index (Phi) is 3.05. The van der Waals surface area contributed by atoms with Gasteiger partial charge in [-0.2, -0.15) is 0 Å². The highest BCUT2D eigenvalue weighted by Gasteiger charge is 2.10. The highest BCUT2D eigenvalue weighted by molar-refractivity contribution is 6.05. The first-order valence-corrected chi connectivity index (χ1v) is 7.05. The molecule has 0 amide bonds. The summed E-state index contributed by atoms with van der Waals surface area (Å²) in [5.74, 6) is -0.550. The maximum Gasteiger partial charge on any atom is 0.371 e. The van der Waals surface area contributed by atoms with Crippen LogP contribution in [-0.2, 0) is 6.61 Å². The number of benzene rings is 2. The third kappa shape index (κ3) is 2.42. The first-order valence-electron chi connectivity index (χ1n) is 7.05. The number of rotatable bonds is 4. The minimum atomic E-state index is -1.10. The molecule has 0 aliphatic rings. The van der Waals surface area contributed by atoms with E-state index in [4.69, 9.17) is 18.7 Å². The first-order chi connectivity index (χ1) is 11.2. The molecule has 0 bridgehead atoms. The Hall–Kier alpha value is -3.21. The summed E-state index contributed by atoms with van der Waals surface area (Å²) in [5, 5.41) is 10.9. The molecular weight excluding hydrogens is 296 g/mol. The Morgan fingerprint density at radius 1 is 1.04 bits per heavy atom. The molecule has 0 atom stereocenters. The number of hydrogen-bond donors (Lipinski definition) is 1. The van der Waals surface area contributed by atoms with Gasteiger partial charge in [-0.25, -0.2) is 4.79 Å². The standard InChI is InChI=1S/C18H12O5/c19-18(20)17-7-11(10-22-17)9-21-12-5-6-14-13-3-1-2-4-15(13)23-16(14)8-12/h1-8,10H,9H2,(H,19,20). The number of hydrogen-bond acceptors (Lipinski definition) is 4. The Balaban J connectivity index is 1.59. The molecule has 5 nitrogen and oxygen atoms in total. The molecule has 0 saturated heterocycles. The summed E-state index contributed by atoms with van der Waals surface area (Å²) in [6.45, 7) is 0.225. The smallest absolute Gasteiger partial charge is 0.371 e. The second kappa shape index (κ2) is 5.21. The Labute approximate surface area is 130 Å². The van der Waals surface area contributed by atoms with Gasteiger partial charge in [0.1, 0.15) is 23.5 Å². The van der Waals surface area contributed by atoms with Crippen LogP contribution in [0.15, 0.2) is 63.6 Å². The Morgan fingerprint density at radius 2 is 1.87 bits per heavy atom. The molecule has 2 aromatic carbocycles. The van der Waals surface area contributed by atoms with Crippen LogP contribution in [0.1, 0.15) is 16.1 Å². The summed E-state index contributed by atoms with van der Waals surface area (Å²) in [6.07, 6.45) is 1.38. The zero-order valence-corrected chi connectivity index (χ0v) is 12.0. The van der Waals surface area contributed by atoms with Crippen LogP contribution >= 0.6 is 0 Å². The van der Waals surface area contributed by atoms with Crippen LogP contribution < -0.4 is 4.74 Å². The van der Waals surface area contributed by atoms with E-state index in [-0.39, 0.29) is 12.4 Å². The number of carboxylic acids is 1. The fourth-order valence-electron chi connectivity index (χ4n) is 2.53. The number of carboxylic acid groups (broad SMARTS) is 1. The lowest BCUT2D eigenvalue weighted by atomic mass is 10.1. The van der Waals surface area contributed by atoms with Crippen LogP contribution in [0.4, 0.5) is 0 Å². The minimum absolute atomic E-state index is 0.101. The van der Waals surface area contributed by atoms with Gasteiger partial charge in [0, 0.05) is 22.4 Å². The van der Waals surface area contributed by atoms with Crippen molar-refractivity contribution in [2.75, 3.05) is 0 Å². The molecule has 4 aromatic rings. The van der Waals surface area contributed by atoms with Gasteiger partial charge in [-0.1, -0.05) is 18.2 Å². The van der Waals surface area contributed by atoms with Crippen molar-refractivity contribution < 1.29 is 23.5 Å². The van der Waals surface area contributed by atoms with E-state index in [0.29, 0.717) is 11.3 Å². The zero-order valence-electron chi connectivity index (χ0n) is 12.0. The second-order valence-electron chi connectivity index (χ2n) is 5.17. The van der Waals surface area contributed by atoms with Crippen LogP contribution in [0.25, 0.3) is 21.9 Å². The topological polar surface area (TPSA) is 72.8 Å². The van der Waals surface area contributed by atoms with Crippen LogP contribution in [-0.4, -0.2) is 11.1 Å². The van der Waals surface area contributed by atoms with Crippen LogP contribution in [0, 0.1) is 0 Å². The van der Waals surface area contributed by atoms with Crippen molar-refractivity contribution in [3.05, 3.63) is 66.1 Å². The molecule has 4 rings (SSSR count). The van der Waals surface area contributed by atoms with Gasteiger partial charge in [-0.15, -0.1) is 0 Å². The van der Waals surface area contributed by atoms with E-state index in [2.05, 4.69) is 0 Å². The summed E-state index contributed by atoms with van der Waals surface area (Å²) in [4.78, 5) is 10.8. The van der Waals surface area contributed by atoms with Gasteiger partial charge in [0.2, 0.25) is 5.76 Å². The van der Waals surface area contributed by atoms with Gasteiger partial charge >= 0.3 is 5.97 Å². The van der Waals surface area contributed by atoms with Crippen molar-refractivity contribution in [3.8, 4) is 5.75 Å². The molecule has 1 N–H and O–H groups in total. The first kappa shape index (κ1) is 13.5. The van der Waals surface area contributed by atoms with E-state index < -0.39 is 5.97 Å². The molecule has 0 spiro atoms. The lowest BCUT2D eigenvalue weighted by molar-refractivity contribution is 0.0662. The molecule has 0 saturated carbocycles.